The molecular formula is C17H25N. The minimum atomic E-state index is 0.735. The van der Waals surface area contributed by atoms with Crippen molar-refractivity contribution in [1.29, 1.82) is 0 Å². The molecule has 0 bridgehead atoms. The summed E-state index contributed by atoms with van der Waals surface area (Å²) in [6.45, 7) is 12.7. The first kappa shape index (κ1) is 14.7. The van der Waals surface area contributed by atoms with Gasteiger partial charge in [0.15, 0.2) is 0 Å². The van der Waals surface area contributed by atoms with E-state index in [1.54, 1.807) is 0 Å². The van der Waals surface area contributed by atoms with Crippen LogP contribution in [0.5, 0.6) is 0 Å². The van der Waals surface area contributed by atoms with Crippen LogP contribution >= 0.6 is 0 Å². The zero-order chi connectivity index (χ0) is 13.5. The lowest BCUT2D eigenvalue weighted by Gasteiger charge is -2.23. The summed E-state index contributed by atoms with van der Waals surface area (Å²) in [6.07, 6.45) is 2.46. The van der Waals surface area contributed by atoms with Crippen molar-refractivity contribution in [2.45, 2.75) is 40.5 Å². The fourth-order valence-electron chi connectivity index (χ4n) is 2.30. The van der Waals surface area contributed by atoms with E-state index in [0.717, 1.165) is 29.9 Å². The molecule has 0 saturated carbocycles. The summed E-state index contributed by atoms with van der Waals surface area (Å²) in [5.41, 5.74) is 2.33. The van der Waals surface area contributed by atoms with Gasteiger partial charge in [0.1, 0.15) is 0 Å². The third kappa shape index (κ3) is 4.89. The molecule has 1 nitrogen and oxygen atoms in total. The lowest BCUT2D eigenvalue weighted by Crippen LogP contribution is -2.14. The maximum absolute atomic E-state index is 4.05. The average molecular weight is 243 g/mol. The zero-order valence-corrected chi connectivity index (χ0v) is 12.1. The highest BCUT2D eigenvalue weighted by molar-refractivity contribution is 5.55. The predicted molar refractivity (Wildman–Crippen MR) is 80.7 cm³/mol. The summed E-state index contributed by atoms with van der Waals surface area (Å²) < 4.78 is 0. The number of aliphatic imine (C=N–C) groups is 1. The molecule has 1 rings (SSSR count). The first-order valence-electron chi connectivity index (χ1n) is 6.84. The molecule has 0 spiro atoms. The van der Waals surface area contributed by atoms with Crippen LogP contribution in [0.25, 0.3) is 0 Å². The van der Waals surface area contributed by atoms with Gasteiger partial charge in [-0.2, -0.15) is 0 Å². The van der Waals surface area contributed by atoms with Crippen molar-refractivity contribution in [3.63, 3.8) is 0 Å². The van der Waals surface area contributed by atoms with Crippen LogP contribution in [0.15, 0.2) is 35.8 Å². The zero-order valence-electron chi connectivity index (χ0n) is 12.1. The van der Waals surface area contributed by atoms with Crippen LogP contribution in [0.3, 0.4) is 0 Å². The summed E-state index contributed by atoms with van der Waals surface area (Å²) in [5.74, 6) is 4.83. The van der Waals surface area contributed by atoms with Gasteiger partial charge in [-0.1, -0.05) is 39.8 Å². The fourth-order valence-corrected chi connectivity index (χ4v) is 2.30. The summed E-state index contributed by atoms with van der Waals surface area (Å²) in [6, 6.07) is 8.43. The molecule has 1 atom stereocenters. The molecule has 0 aliphatic heterocycles. The van der Waals surface area contributed by atoms with E-state index in [0.29, 0.717) is 0 Å². The molecule has 0 saturated heterocycles. The number of nitrogens with zero attached hydrogens (tertiary/aromatic N) is 1. The second-order valence-electron chi connectivity index (χ2n) is 5.77. The molecule has 18 heavy (non-hydrogen) atoms. The Morgan fingerprint density at radius 1 is 1.11 bits per heavy atom. The van der Waals surface area contributed by atoms with E-state index < -0.39 is 0 Å². The average Bonchev–Trinajstić information content (AvgIpc) is 2.30. The van der Waals surface area contributed by atoms with Crippen LogP contribution in [0.1, 0.15) is 39.7 Å². The molecule has 0 fully saturated rings. The van der Waals surface area contributed by atoms with Gasteiger partial charge in [0.05, 0.1) is 5.69 Å². The van der Waals surface area contributed by atoms with Gasteiger partial charge in [-0.25, -0.2) is 4.99 Å². The second-order valence-corrected chi connectivity index (χ2v) is 5.77. The van der Waals surface area contributed by atoms with Crippen LogP contribution < -0.4 is 0 Å². The molecule has 0 aromatic heterocycles. The largest absolute Gasteiger partial charge is 0.207 e. The fraction of sp³-hybridized carbons (Fsp3) is 0.529. The van der Waals surface area contributed by atoms with E-state index in [2.05, 4.69) is 57.3 Å². The Balaban J connectivity index is 2.71. The highest BCUT2D eigenvalue weighted by Crippen LogP contribution is 2.25. The van der Waals surface area contributed by atoms with Gasteiger partial charge in [-0.15, -0.1) is 0 Å². The van der Waals surface area contributed by atoms with Gasteiger partial charge < -0.3 is 0 Å². The molecule has 0 aliphatic carbocycles. The third-order valence-corrected chi connectivity index (χ3v) is 3.36. The molecule has 1 aromatic carbocycles. The van der Waals surface area contributed by atoms with Crippen LogP contribution in [0.2, 0.25) is 0 Å². The van der Waals surface area contributed by atoms with E-state index in [1.165, 1.54) is 12.0 Å². The van der Waals surface area contributed by atoms with Crippen molar-refractivity contribution in [2.75, 3.05) is 0 Å². The topological polar surface area (TPSA) is 12.4 Å². The van der Waals surface area contributed by atoms with Crippen LogP contribution in [-0.2, 0) is 6.42 Å². The van der Waals surface area contributed by atoms with Gasteiger partial charge in [-0.3, -0.25) is 0 Å². The molecule has 1 heteroatoms. The number of rotatable bonds is 6. The molecule has 98 valence electrons. The Labute approximate surface area is 112 Å². The first-order chi connectivity index (χ1) is 8.52. The Bertz CT molecular complexity index is 394. The summed E-state index contributed by atoms with van der Waals surface area (Å²) >= 11 is 0. The highest BCUT2D eigenvalue weighted by atomic mass is 14.7. The van der Waals surface area contributed by atoms with E-state index in [9.17, 15) is 0 Å². The van der Waals surface area contributed by atoms with Gasteiger partial charge in [0, 0.05) is 0 Å². The lowest BCUT2D eigenvalue weighted by atomic mass is 9.83. The van der Waals surface area contributed by atoms with Gasteiger partial charge in [-0.05, 0) is 60.7 Å². The van der Waals surface area contributed by atoms with E-state index in [1.807, 2.05) is 12.1 Å². The predicted octanol–water partition coefficient (Wildman–Crippen LogP) is 5.03. The van der Waals surface area contributed by atoms with Gasteiger partial charge in [0.2, 0.25) is 0 Å². The molecule has 0 amide bonds. The van der Waals surface area contributed by atoms with Gasteiger partial charge in [0.25, 0.3) is 0 Å². The molecule has 1 aromatic rings. The van der Waals surface area contributed by atoms with E-state index in [4.69, 9.17) is 0 Å². The monoisotopic (exact) mass is 243 g/mol. The summed E-state index contributed by atoms with van der Waals surface area (Å²) in [4.78, 5) is 4.05. The number of hydrogen-bond donors (Lipinski definition) is 0. The Morgan fingerprint density at radius 3 is 2.17 bits per heavy atom. The Hall–Kier alpha value is -1.33. The maximum Gasteiger partial charge on any atom is 0.0729 e. The second kappa shape index (κ2) is 7.18. The van der Waals surface area contributed by atoms with Crippen molar-refractivity contribution < 1.29 is 0 Å². The lowest BCUT2D eigenvalue weighted by molar-refractivity contribution is 0.315. The standard InChI is InChI=1S/C17H25N/c1-6-18-17-9-7-15(8-10-17)12-16(14(4)5)11-13(2)3/h7-10,13-14,16H,1,11-12H2,2-5H3. The molecule has 0 radical (unpaired) electrons. The van der Waals surface area contributed by atoms with Gasteiger partial charge >= 0.3 is 0 Å². The number of hydrogen-bond acceptors (Lipinski definition) is 1. The maximum atomic E-state index is 4.05. The van der Waals surface area contributed by atoms with E-state index in [-0.39, 0.29) is 0 Å². The normalized spacial score (nSPS) is 12.6. The van der Waals surface area contributed by atoms with Crippen LogP contribution in [0.4, 0.5) is 5.69 Å². The quantitative estimate of drug-likeness (QED) is 0.621. The Morgan fingerprint density at radius 2 is 1.72 bits per heavy atom. The molecule has 0 N–H and O–H groups in total. The molecule has 0 aliphatic rings. The SMILES string of the molecule is C=C=Nc1ccc(CC(CC(C)C)C(C)C)cc1. The minimum Gasteiger partial charge on any atom is -0.207 e. The molecule has 0 heterocycles. The minimum absolute atomic E-state index is 0.735. The first-order valence-corrected chi connectivity index (χ1v) is 6.84. The smallest absolute Gasteiger partial charge is 0.0729 e. The summed E-state index contributed by atoms with van der Waals surface area (Å²) in [5, 5.41) is 0. The van der Waals surface area contributed by atoms with Crippen LogP contribution in [-0.4, -0.2) is 5.87 Å². The molecular weight excluding hydrogens is 218 g/mol. The Kier molecular flexibility index (Phi) is 5.88. The van der Waals surface area contributed by atoms with Crippen molar-refractivity contribution in [3.05, 3.63) is 36.4 Å². The van der Waals surface area contributed by atoms with Crippen molar-refractivity contribution in [2.24, 2.45) is 22.7 Å². The third-order valence-electron chi connectivity index (χ3n) is 3.36. The van der Waals surface area contributed by atoms with E-state index >= 15 is 0 Å². The number of benzene rings is 1. The highest BCUT2D eigenvalue weighted by Gasteiger charge is 2.15. The molecule has 1 unspecified atom stereocenters. The summed E-state index contributed by atoms with van der Waals surface area (Å²) in [7, 11) is 0. The van der Waals surface area contributed by atoms with Crippen molar-refractivity contribution >= 4 is 11.6 Å². The van der Waals surface area contributed by atoms with Crippen LogP contribution in [0, 0.1) is 17.8 Å². The van der Waals surface area contributed by atoms with Crippen molar-refractivity contribution in [3.8, 4) is 0 Å². The van der Waals surface area contributed by atoms with Crippen molar-refractivity contribution in [1.82, 2.24) is 0 Å².